The van der Waals surface area contributed by atoms with Crippen LogP contribution >= 0.6 is 0 Å². The minimum absolute atomic E-state index is 0.219. The number of hydrogen-bond donors (Lipinski definition) is 2. The second kappa shape index (κ2) is 8.43. The minimum atomic E-state index is -0.298. The van der Waals surface area contributed by atoms with Gasteiger partial charge in [-0.15, -0.1) is 0 Å². The van der Waals surface area contributed by atoms with Crippen LogP contribution in [-0.4, -0.2) is 17.5 Å². The molecule has 28 heavy (non-hydrogen) atoms. The summed E-state index contributed by atoms with van der Waals surface area (Å²) in [5.74, 6) is 2.08. The van der Waals surface area contributed by atoms with Gasteiger partial charge in [0.2, 0.25) is 0 Å². The summed E-state index contributed by atoms with van der Waals surface area (Å²) in [5, 5.41) is 2.83. The zero-order valence-electron chi connectivity index (χ0n) is 16.2. The molecule has 0 fully saturated rings. The van der Waals surface area contributed by atoms with Gasteiger partial charge in [0.1, 0.15) is 23.1 Å². The van der Waals surface area contributed by atoms with Gasteiger partial charge in [-0.25, -0.2) is 4.98 Å². The van der Waals surface area contributed by atoms with Crippen molar-refractivity contribution < 1.29 is 14.3 Å². The minimum Gasteiger partial charge on any atom is -0.494 e. The molecule has 144 valence electrons. The van der Waals surface area contributed by atoms with E-state index in [-0.39, 0.29) is 11.7 Å². The molecular formula is C22H23N3O3. The monoisotopic (exact) mass is 377 g/mol. The fourth-order valence-electron chi connectivity index (χ4n) is 2.62. The maximum atomic E-state index is 12.5. The Hall–Kier alpha value is -3.54. The fraction of sp³-hybridized carbons (Fsp3) is 0.182. The maximum absolute atomic E-state index is 12.5. The van der Waals surface area contributed by atoms with E-state index in [4.69, 9.17) is 15.2 Å². The quantitative estimate of drug-likeness (QED) is 0.649. The van der Waals surface area contributed by atoms with Crippen molar-refractivity contribution in [3.63, 3.8) is 0 Å². The van der Waals surface area contributed by atoms with Crippen LogP contribution in [0.5, 0.6) is 17.2 Å². The average molecular weight is 377 g/mol. The number of amides is 1. The van der Waals surface area contributed by atoms with Crippen LogP contribution in [0.2, 0.25) is 0 Å². The van der Waals surface area contributed by atoms with Crippen molar-refractivity contribution in [3.05, 3.63) is 71.4 Å². The van der Waals surface area contributed by atoms with E-state index in [1.54, 1.807) is 30.3 Å². The number of carbonyl (C=O) groups is 1. The number of nitrogen functional groups attached to an aromatic ring is 1. The summed E-state index contributed by atoms with van der Waals surface area (Å²) in [5.41, 5.74) is 8.61. The molecule has 0 atom stereocenters. The summed E-state index contributed by atoms with van der Waals surface area (Å²) in [6.07, 6.45) is 0. The summed E-state index contributed by atoms with van der Waals surface area (Å²) in [4.78, 5) is 16.7. The van der Waals surface area contributed by atoms with Crippen LogP contribution in [0, 0.1) is 13.8 Å². The largest absolute Gasteiger partial charge is 0.494 e. The Balaban J connectivity index is 1.65. The number of aryl methyl sites for hydroxylation is 2. The van der Waals surface area contributed by atoms with Crippen molar-refractivity contribution in [1.29, 1.82) is 0 Å². The zero-order valence-corrected chi connectivity index (χ0v) is 16.2. The molecule has 0 saturated heterocycles. The van der Waals surface area contributed by atoms with E-state index in [1.807, 2.05) is 45.0 Å². The number of rotatable bonds is 6. The second-order valence-electron chi connectivity index (χ2n) is 6.31. The smallest absolute Gasteiger partial charge is 0.259 e. The van der Waals surface area contributed by atoms with Crippen molar-refractivity contribution in [2.24, 2.45) is 0 Å². The number of nitrogens with zero attached hydrogens (tertiary/aromatic N) is 1. The van der Waals surface area contributed by atoms with Crippen LogP contribution in [0.25, 0.3) is 0 Å². The zero-order chi connectivity index (χ0) is 20.1. The summed E-state index contributed by atoms with van der Waals surface area (Å²) < 4.78 is 11.2. The second-order valence-corrected chi connectivity index (χ2v) is 6.31. The number of benzene rings is 2. The van der Waals surface area contributed by atoms with Crippen LogP contribution in [0.15, 0.2) is 54.6 Å². The Bertz CT molecular complexity index is 968. The lowest BCUT2D eigenvalue weighted by molar-refractivity contribution is 0.102. The fourth-order valence-corrected chi connectivity index (χ4v) is 2.62. The molecule has 0 spiro atoms. The van der Waals surface area contributed by atoms with Crippen LogP contribution in [0.3, 0.4) is 0 Å². The van der Waals surface area contributed by atoms with Gasteiger partial charge in [0.05, 0.1) is 12.2 Å². The Morgan fingerprint density at radius 1 is 1.00 bits per heavy atom. The van der Waals surface area contributed by atoms with E-state index < -0.39 is 0 Å². The lowest BCUT2D eigenvalue weighted by Gasteiger charge is -2.11. The molecule has 6 heteroatoms. The molecule has 3 rings (SSSR count). The molecule has 1 amide bonds. The van der Waals surface area contributed by atoms with Gasteiger partial charge in [-0.05, 0) is 80.9 Å². The highest BCUT2D eigenvalue weighted by atomic mass is 16.5. The molecule has 1 heterocycles. The predicted molar refractivity (Wildman–Crippen MR) is 110 cm³/mol. The predicted octanol–water partition coefficient (Wildman–Crippen LogP) is 4.72. The normalized spacial score (nSPS) is 10.4. The first-order valence-electron chi connectivity index (χ1n) is 9.02. The summed E-state index contributed by atoms with van der Waals surface area (Å²) in [7, 11) is 0. The van der Waals surface area contributed by atoms with Crippen molar-refractivity contribution in [3.8, 4) is 17.2 Å². The van der Waals surface area contributed by atoms with Gasteiger partial charge in [0.25, 0.3) is 5.91 Å². The first-order chi connectivity index (χ1) is 13.5. The number of pyridine rings is 1. The highest BCUT2D eigenvalue weighted by molar-refractivity contribution is 6.07. The van der Waals surface area contributed by atoms with E-state index in [1.165, 1.54) is 0 Å². The SMILES string of the molecule is CCOc1ccc(Oc2ccc(NC(=O)c3cc(C)c(C)nc3N)cc2)cc1. The Morgan fingerprint density at radius 3 is 2.18 bits per heavy atom. The van der Waals surface area contributed by atoms with Crippen molar-refractivity contribution in [2.75, 3.05) is 17.7 Å². The van der Waals surface area contributed by atoms with E-state index in [9.17, 15) is 4.79 Å². The standard InChI is InChI=1S/C22H23N3O3/c1-4-27-17-9-11-19(12-10-17)28-18-7-5-16(6-8-18)25-22(26)20-13-14(2)15(3)24-21(20)23/h5-13H,4H2,1-3H3,(H2,23,24)(H,25,26). The van der Waals surface area contributed by atoms with Gasteiger partial charge in [-0.1, -0.05) is 0 Å². The lowest BCUT2D eigenvalue weighted by atomic mass is 10.1. The van der Waals surface area contributed by atoms with E-state index >= 15 is 0 Å². The molecular weight excluding hydrogens is 354 g/mol. The van der Waals surface area contributed by atoms with Crippen molar-refractivity contribution >= 4 is 17.4 Å². The lowest BCUT2D eigenvalue weighted by Crippen LogP contribution is -2.15. The molecule has 0 aliphatic heterocycles. The number of nitrogens with two attached hydrogens (primary N) is 1. The van der Waals surface area contributed by atoms with Crippen LogP contribution in [0.4, 0.5) is 11.5 Å². The number of anilines is 2. The summed E-state index contributed by atoms with van der Waals surface area (Å²) in [6.45, 7) is 6.31. The molecule has 1 aromatic heterocycles. The first kappa shape index (κ1) is 19.2. The molecule has 3 N–H and O–H groups in total. The molecule has 0 aliphatic carbocycles. The summed E-state index contributed by atoms with van der Waals surface area (Å²) >= 11 is 0. The van der Waals surface area contributed by atoms with Crippen LogP contribution < -0.4 is 20.5 Å². The van der Waals surface area contributed by atoms with Crippen molar-refractivity contribution in [2.45, 2.75) is 20.8 Å². The van der Waals surface area contributed by atoms with Crippen LogP contribution in [0.1, 0.15) is 28.5 Å². The first-order valence-corrected chi connectivity index (χ1v) is 9.02. The molecule has 0 unspecified atom stereocenters. The average Bonchev–Trinajstić information content (AvgIpc) is 2.68. The molecule has 3 aromatic rings. The van der Waals surface area contributed by atoms with Gasteiger partial charge in [-0.3, -0.25) is 4.79 Å². The Morgan fingerprint density at radius 2 is 1.57 bits per heavy atom. The van der Waals surface area contributed by atoms with E-state index in [2.05, 4.69) is 10.3 Å². The van der Waals surface area contributed by atoms with Gasteiger partial charge >= 0.3 is 0 Å². The highest BCUT2D eigenvalue weighted by Gasteiger charge is 2.13. The molecule has 0 radical (unpaired) electrons. The number of nitrogens with one attached hydrogen (secondary N) is 1. The molecule has 0 bridgehead atoms. The van der Waals surface area contributed by atoms with Gasteiger partial charge in [-0.2, -0.15) is 0 Å². The topological polar surface area (TPSA) is 86.5 Å². The molecule has 0 aliphatic rings. The molecule has 6 nitrogen and oxygen atoms in total. The number of carbonyl (C=O) groups excluding carboxylic acids is 1. The maximum Gasteiger partial charge on any atom is 0.259 e. The summed E-state index contributed by atoms with van der Waals surface area (Å²) in [6, 6.07) is 16.3. The number of hydrogen-bond acceptors (Lipinski definition) is 5. The molecule has 0 saturated carbocycles. The van der Waals surface area contributed by atoms with Gasteiger partial charge in [0, 0.05) is 11.4 Å². The Labute approximate surface area is 164 Å². The van der Waals surface area contributed by atoms with Crippen molar-refractivity contribution in [1.82, 2.24) is 4.98 Å². The van der Waals surface area contributed by atoms with Gasteiger partial charge in [0.15, 0.2) is 0 Å². The third kappa shape index (κ3) is 4.59. The van der Waals surface area contributed by atoms with E-state index in [0.29, 0.717) is 29.4 Å². The third-order valence-corrected chi connectivity index (χ3v) is 4.22. The highest BCUT2D eigenvalue weighted by Crippen LogP contribution is 2.25. The number of aromatic nitrogens is 1. The van der Waals surface area contributed by atoms with Gasteiger partial charge < -0.3 is 20.5 Å². The van der Waals surface area contributed by atoms with Crippen LogP contribution in [-0.2, 0) is 0 Å². The third-order valence-electron chi connectivity index (χ3n) is 4.22. The Kier molecular flexibility index (Phi) is 5.79. The molecule has 2 aromatic carbocycles. The van der Waals surface area contributed by atoms with E-state index in [0.717, 1.165) is 17.0 Å². The number of ether oxygens (including phenoxy) is 2.